The number of esters is 1. The lowest BCUT2D eigenvalue weighted by atomic mass is 10.1. The molecule has 24 heavy (non-hydrogen) atoms. The highest BCUT2D eigenvalue weighted by Gasteiger charge is 2.36. The van der Waals surface area contributed by atoms with Gasteiger partial charge < -0.3 is 9.47 Å². The third kappa shape index (κ3) is 2.98. The quantitative estimate of drug-likeness (QED) is 0.623. The van der Waals surface area contributed by atoms with E-state index in [2.05, 4.69) is 14.7 Å². The number of aryl methyl sites for hydroxylation is 1. The molecule has 8 nitrogen and oxygen atoms in total. The zero-order chi connectivity index (χ0) is 17.3. The molecule has 1 amide bonds. The molecule has 2 aromatic rings. The highest BCUT2D eigenvalue weighted by atomic mass is 32.1. The van der Waals surface area contributed by atoms with Crippen LogP contribution in [0, 0.1) is 6.92 Å². The molecule has 0 saturated heterocycles. The van der Waals surface area contributed by atoms with E-state index in [0.29, 0.717) is 21.9 Å². The standard InChI is InChI=1S/C15H14N4O4S/c1-8-13(24-18-16-8)14-17-19(9(2)20)15(23-14)11-6-4-5-7-12(11)22-10(3)21/h4-7,15H,1-3H3. The zero-order valence-electron chi connectivity index (χ0n) is 13.2. The molecular weight excluding hydrogens is 332 g/mol. The average Bonchev–Trinajstić information content (AvgIpc) is 3.13. The van der Waals surface area contributed by atoms with Gasteiger partial charge in [0.05, 0.1) is 11.3 Å². The molecule has 1 atom stereocenters. The second-order valence-electron chi connectivity index (χ2n) is 5.06. The van der Waals surface area contributed by atoms with Crippen molar-refractivity contribution >= 4 is 29.3 Å². The molecular formula is C15H14N4O4S. The van der Waals surface area contributed by atoms with E-state index in [0.717, 1.165) is 11.5 Å². The molecule has 0 aliphatic carbocycles. The molecule has 0 N–H and O–H groups in total. The van der Waals surface area contributed by atoms with Crippen LogP contribution in [0.15, 0.2) is 29.4 Å². The summed E-state index contributed by atoms with van der Waals surface area (Å²) in [5.41, 5.74) is 1.19. The lowest BCUT2D eigenvalue weighted by Gasteiger charge is -2.21. The Kier molecular flexibility index (Phi) is 4.26. The molecule has 0 fully saturated rings. The highest BCUT2D eigenvalue weighted by Crippen LogP contribution is 2.36. The molecule has 124 valence electrons. The van der Waals surface area contributed by atoms with Crippen molar-refractivity contribution in [2.24, 2.45) is 5.10 Å². The van der Waals surface area contributed by atoms with Gasteiger partial charge >= 0.3 is 5.97 Å². The first kappa shape index (κ1) is 16.1. The third-order valence-corrected chi connectivity index (χ3v) is 4.07. The topological polar surface area (TPSA) is 94.0 Å². The van der Waals surface area contributed by atoms with Gasteiger partial charge in [-0.25, -0.2) is 0 Å². The lowest BCUT2D eigenvalue weighted by Crippen LogP contribution is -2.26. The Morgan fingerprint density at radius 1 is 1.29 bits per heavy atom. The van der Waals surface area contributed by atoms with Crippen LogP contribution in [0.25, 0.3) is 0 Å². The van der Waals surface area contributed by atoms with Crippen LogP contribution in [-0.2, 0) is 14.3 Å². The minimum absolute atomic E-state index is 0.264. The van der Waals surface area contributed by atoms with E-state index in [1.807, 2.05) is 0 Å². The number of aromatic nitrogens is 2. The van der Waals surface area contributed by atoms with Crippen molar-refractivity contribution in [1.82, 2.24) is 14.6 Å². The Labute approximate surface area is 141 Å². The molecule has 0 saturated carbocycles. The summed E-state index contributed by atoms with van der Waals surface area (Å²) in [6, 6.07) is 6.85. The number of para-hydroxylation sites is 1. The van der Waals surface area contributed by atoms with Crippen molar-refractivity contribution in [1.29, 1.82) is 0 Å². The molecule has 0 spiro atoms. The van der Waals surface area contributed by atoms with Crippen LogP contribution in [0.1, 0.15) is 36.2 Å². The summed E-state index contributed by atoms with van der Waals surface area (Å²) in [4.78, 5) is 23.9. The maximum atomic E-state index is 12.0. The summed E-state index contributed by atoms with van der Waals surface area (Å²) in [6.07, 6.45) is -0.824. The molecule has 2 heterocycles. The first-order chi connectivity index (χ1) is 11.5. The molecule has 0 bridgehead atoms. The summed E-state index contributed by atoms with van der Waals surface area (Å²) in [5.74, 6) is -0.182. The first-order valence-electron chi connectivity index (χ1n) is 7.09. The predicted octanol–water partition coefficient (Wildman–Crippen LogP) is 2.01. The summed E-state index contributed by atoms with van der Waals surface area (Å²) < 4.78 is 14.9. The van der Waals surface area contributed by atoms with Crippen LogP contribution in [0.5, 0.6) is 5.75 Å². The Morgan fingerprint density at radius 3 is 2.67 bits per heavy atom. The van der Waals surface area contributed by atoms with E-state index in [1.54, 1.807) is 31.2 Å². The Morgan fingerprint density at radius 2 is 2.04 bits per heavy atom. The maximum Gasteiger partial charge on any atom is 0.308 e. The third-order valence-electron chi connectivity index (χ3n) is 3.25. The molecule has 0 radical (unpaired) electrons. The van der Waals surface area contributed by atoms with E-state index in [4.69, 9.17) is 9.47 Å². The number of amides is 1. The van der Waals surface area contributed by atoms with Crippen LogP contribution in [-0.4, -0.2) is 32.4 Å². The second kappa shape index (κ2) is 6.36. The zero-order valence-corrected chi connectivity index (χ0v) is 14.0. The van der Waals surface area contributed by atoms with E-state index in [-0.39, 0.29) is 11.8 Å². The summed E-state index contributed by atoms with van der Waals surface area (Å²) >= 11 is 1.13. The minimum atomic E-state index is -0.824. The number of hydrogen-bond donors (Lipinski definition) is 0. The molecule has 1 unspecified atom stereocenters. The van der Waals surface area contributed by atoms with Crippen LogP contribution in [0.3, 0.4) is 0 Å². The van der Waals surface area contributed by atoms with E-state index >= 15 is 0 Å². The van der Waals surface area contributed by atoms with Crippen molar-refractivity contribution in [2.45, 2.75) is 27.0 Å². The summed E-state index contributed by atoms with van der Waals surface area (Å²) in [5, 5.41) is 9.36. The number of ether oxygens (including phenoxy) is 2. The first-order valence-corrected chi connectivity index (χ1v) is 7.86. The van der Waals surface area contributed by atoms with Crippen LogP contribution in [0.4, 0.5) is 0 Å². The Hall–Kier alpha value is -2.81. The van der Waals surface area contributed by atoms with Gasteiger partial charge in [0.1, 0.15) is 10.6 Å². The van der Waals surface area contributed by atoms with Crippen molar-refractivity contribution in [3.05, 3.63) is 40.4 Å². The number of carbonyl (C=O) groups excluding carboxylic acids is 2. The smallest absolute Gasteiger partial charge is 0.308 e. The van der Waals surface area contributed by atoms with Gasteiger partial charge in [-0.15, -0.1) is 10.2 Å². The van der Waals surface area contributed by atoms with Gasteiger partial charge in [0.15, 0.2) is 0 Å². The molecule has 1 aliphatic heterocycles. The van der Waals surface area contributed by atoms with Gasteiger partial charge in [-0.2, -0.15) is 5.01 Å². The van der Waals surface area contributed by atoms with Gasteiger partial charge in [0.25, 0.3) is 5.90 Å². The van der Waals surface area contributed by atoms with Gasteiger partial charge in [0, 0.05) is 13.8 Å². The number of benzene rings is 1. The second-order valence-corrected chi connectivity index (χ2v) is 5.81. The predicted molar refractivity (Wildman–Crippen MR) is 85.3 cm³/mol. The van der Waals surface area contributed by atoms with Crippen LogP contribution in [0.2, 0.25) is 0 Å². The Balaban J connectivity index is 1.99. The lowest BCUT2D eigenvalue weighted by molar-refractivity contribution is -0.135. The molecule has 3 rings (SSSR count). The molecule has 1 aliphatic rings. The van der Waals surface area contributed by atoms with Crippen molar-refractivity contribution in [2.75, 3.05) is 0 Å². The molecule has 1 aromatic carbocycles. The monoisotopic (exact) mass is 346 g/mol. The van der Waals surface area contributed by atoms with Gasteiger partial charge in [0.2, 0.25) is 12.1 Å². The fourth-order valence-electron chi connectivity index (χ4n) is 2.22. The number of carbonyl (C=O) groups is 2. The largest absolute Gasteiger partial charge is 0.445 e. The van der Waals surface area contributed by atoms with Gasteiger partial charge in [-0.1, -0.05) is 16.6 Å². The van der Waals surface area contributed by atoms with Crippen molar-refractivity contribution in [3.63, 3.8) is 0 Å². The molecule has 1 aromatic heterocycles. The van der Waals surface area contributed by atoms with Crippen molar-refractivity contribution in [3.8, 4) is 5.75 Å². The maximum absolute atomic E-state index is 12.0. The van der Waals surface area contributed by atoms with E-state index < -0.39 is 12.2 Å². The Bertz CT molecular complexity index is 832. The van der Waals surface area contributed by atoms with Gasteiger partial charge in [-0.3, -0.25) is 9.59 Å². The summed E-state index contributed by atoms with van der Waals surface area (Å²) in [7, 11) is 0. The van der Waals surface area contributed by atoms with E-state index in [1.165, 1.54) is 18.9 Å². The fraction of sp³-hybridized carbons (Fsp3) is 0.267. The fourth-order valence-corrected chi connectivity index (χ4v) is 2.80. The number of hydrogen-bond acceptors (Lipinski definition) is 8. The average molecular weight is 346 g/mol. The number of nitrogens with zero attached hydrogens (tertiary/aromatic N) is 4. The van der Waals surface area contributed by atoms with Crippen LogP contribution < -0.4 is 4.74 Å². The van der Waals surface area contributed by atoms with E-state index in [9.17, 15) is 9.59 Å². The molecule has 9 heteroatoms. The minimum Gasteiger partial charge on any atom is -0.445 e. The number of hydrazone groups is 1. The number of rotatable bonds is 3. The summed E-state index contributed by atoms with van der Waals surface area (Å²) in [6.45, 7) is 4.47. The van der Waals surface area contributed by atoms with Gasteiger partial charge in [-0.05, 0) is 30.6 Å². The van der Waals surface area contributed by atoms with Crippen molar-refractivity contribution < 1.29 is 19.1 Å². The highest BCUT2D eigenvalue weighted by molar-refractivity contribution is 7.08. The van der Waals surface area contributed by atoms with Crippen LogP contribution >= 0.6 is 11.5 Å². The normalized spacial score (nSPS) is 16.5. The SMILES string of the molecule is CC(=O)Oc1ccccc1C1OC(c2snnc2C)=NN1C(C)=O.